The summed E-state index contributed by atoms with van der Waals surface area (Å²) in [5.74, 6) is 1.73. The molecule has 0 aliphatic heterocycles. The summed E-state index contributed by atoms with van der Waals surface area (Å²) in [7, 11) is 0. The van der Waals surface area contributed by atoms with Crippen molar-refractivity contribution in [2.75, 3.05) is 0 Å². The molecule has 0 saturated heterocycles. The van der Waals surface area contributed by atoms with Gasteiger partial charge in [0.05, 0.1) is 0 Å². The molecular weight excluding hydrogens is 120 g/mol. The van der Waals surface area contributed by atoms with E-state index in [1.807, 2.05) is 0 Å². The summed E-state index contributed by atoms with van der Waals surface area (Å²) in [5, 5.41) is 0. The molecule has 0 aromatic carbocycles. The van der Waals surface area contributed by atoms with E-state index in [-0.39, 0.29) is 0 Å². The number of hydrogen-bond donors (Lipinski definition) is 0. The molecule has 0 N–H and O–H groups in total. The molecule has 58 valence electrons. The van der Waals surface area contributed by atoms with Crippen molar-refractivity contribution >= 4 is 0 Å². The van der Waals surface area contributed by atoms with Gasteiger partial charge in [-0.1, -0.05) is 25.5 Å². The van der Waals surface area contributed by atoms with Crippen LogP contribution in [0.25, 0.3) is 0 Å². The first-order valence-corrected chi connectivity index (χ1v) is 4.38. The van der Waals surface area contributed by atoms with Gasteiger partial charge in [-0.3, -0.25) is 0 Å². The fraction of sp³-hybridized carbons (Fsp3) is 0.800. The zero-order chi connectivity index (χ0) is 7.56. The van der Waals surface area contributed by atoms with Crippen LogP contribution in [0, 0.1) is 11.8 Å². The lowest BCUT2D eigenvalue weighted by Crippen LogP contribution is -2.12. The Morgan fingerprint density at radius 1 is 1.50 bits per heavy atom. The second kappa shape index (κ2) is 3.23. The van der Waals surface area contributed by atoms with E-state index in [1.165, 1.54) is 19.3 Å². The smallest absolute Gasteiger partial charge is 0.0183 e. The third kappa shape index (κ3) is 1.62. The summed E-state index contributed by atoms with van der Waals surface area (Å²) in [4.78, 5) is 0. The van der Waals surface area contributed by atoms with Gasteiger partial charge in [-0.25, -0.2) is 0 Å². The van der Waals surface area contributed by atoms with Crippen molar-refractivity contribution in [3.05, 3.63) is 11.6 Å². The van der Waals surface area contributed by atoms with Gasteiger partial charge < -0.3 is 0 Å². The van der Waals surface area contributed by atoms with Crippen LogP contribution in [0.15, 0.2) is 11.6 Å². The summed E-state index contributed by atoms with van der Waals surface area (Å²) in [6.45, 7) is 6.94. The third-order valence-corrected chi connectivity index (χ3v) is 2.58. The van der Waals surface area contributed by atoms with Crippen molar-refractivity contribution < 1.29 is 0 Å². The highest BCUT2D eigenvalue weighted by Gasteiger charge is 2.16. The van der Waals surface area contributed by atoms with Crippen LogP contribution in [-0.4, -0.2) is 0 Å². The predicted octanol–water partition coefficient (Wildman–Crippen LogP) is 3.39. The van der Waals surface area contributed by atoms with E-state index in [4.69, 9.17) is 0 Å². The van der Waals surface area contributed by atoms with Crippen molar-refractivity contribution in [1.82, 2.24) is 0 Å². The first-order chi connectivity index (χ1) is 4.72. The van der Waals surface area contributed by atoms with Crippen LogP contribution in [-0.2, 0) is 0 Å². The minimum atomic E-state index is 0.844. The van der Waals surface area contributed by atoms with Crippen LogP contribution in [0.5, 0.6) is 0 Å². The maximum absolute atomic E-state index is 2.41. The van der Waals surface area contributed by atoms with Gasteiger partial charge in [0, 0.05) is 0 Å². The molecule has 0 amide bonds. The maximum Gasteiger partial charge on any atom is -0.0183 e. The van der Waals surface area contributed by atoms with Gasteiger partial charge in [0.15, 0.2) is 0 Å². The topological polar surface area (TPSA) is 0 Å². The molecule has 0 heteroatoms. The zero-order valence-electron chi connectivity index (χ0n) is 7.35. The molecule has 1 atom stereocenters. The maximum atomic E-state index is 2.41. The van der Waals surface area contributed by atoms with E-state index in [1.54, 1.807) is 5.57 Å². The lowest BCUT2D eigenvalue weighted by Gasteiger charge is -2.25. The second-order valence-electron chi connectivity index (χ2n) is 3.73. The SMILES string of the molecule is CC1=CCCCC1C(C)C. The Morgan fingerprint density at radius 2 is 2.20 bits per heavy atom. The largest absolute Gasteiger partial charge is 0.0853 e. The third-order valence-electron chi connectivity index (χ3n) is 2.58. The minimum Gasteiger partial charge on any atom is -0.0853 e. The fourth-order valence-corrected chi connectivity index (χ4v) is 1.91. The van der Waals surface area contributed by atoms with E-state index < -0.39 is 0 Å². The Balaban J connectivity index is 2.58. The molecule has 0 saturated carbocycles. The highest BCUT2D eigenvalue weighted by Crippen LogP contribution is 2.29. The molecular formula is C10H18. The quantitative estimate of drug-likeness (QED) is 0.487. The Kier molecular flexibility index (Phi) is 2.53. The molecule has 1 unspecified atom stereocenters. The van der Waals surface area contributed by atoms with Crippen molar-refractivity contribution in [3.8, 4) is 0 Å². The highest BCUT2D eigenvalue weighted by molar-refractivity contribution is 5.07. The Bertz CT molecular complexity index is 131. The van der Waals surface area contributed by atoms with Crippen molar-refractivity contribution in [1.29, 1.82) is 0 Å². The molecule has 0 radical (unpaired) electrons. The minimum absolute atomic E-state index is 0.844. The van der Waals surface area contributed by atoms with Crippen molar-refractivity contribution in [3.63, 3.8) is 0 Å². The number of rotatable bonds is 1. The van der Waals surface area contributed by atoms with Crippen LogP contribution in [0.4, 0.5) is 0 Å². The van der Waals surface area contributed by atoms with Gasteiger partial charge in [-0.05, 0) is 38.0 Å². The Labute approximate surface area is 64.3 Å². The predicted molar refractivity (Wildman–Crippen MR) is 45.9 cm³/mol. The Hall–Kier alpha value is -0.260. The molecule has 1 aliphatic carbocycles. The summed E-state index contributed by atoms with van der Waals surface area (Å²) in [5.41, 5.74) is 1.63. The van der Waals surface area contributed by atoms with Gasteiger partial charge in [0.25, 0.3) is 0 Å². The fourth-order valence-electron chi connectivity index (χ4n) is 1.91. The molecule has 10 heavy (non-hydrogen) atoms. The molecule has 1 aliphatic rings. The van der Waals surface area contributed by atoms with E-state index in [9.17, 15) is 0 Å². The number of allylic oxidation sites excluding steroid dienone is 2. The molecule has 0 fully saturated rings. The van der Waals surface area contributed by atoms with E-state index >= 15 is 0 Å². The van der Waals surface area contributed by atoms with Gasteiger partial charge in [0.1, 0.15) is 0 Å². The average molecular weight is 138 g/mol. The standard InChI is InChI=1S/C10H18/c1-8(2)10-7-5-4-6-9(10)3/h6,8,10H,4-5,7H2,1-3H3. The Morgan fingerprint density at radius 3 is 2.60 bits per heavy atom. The molecule has 0 aromatic heterocycles. The van der Waals surface area contributed by atoms with Crippen LogP contribution in [0.1, 0.15) is 40.0 Å². The van der Waals surface area contributed by atoms with E-state index in [0.717, 1.165) is 11.8 Å². The van der Waals surface area contributed by atoms with Gasteiger partial charge in [-0.2, -0.15) is 0 Å². The first kappa shape index (κ1) is 7.84. The summed E-state index contributed by atoms with van der Waals surface area (Å²) in [6, 6.07) is 0. The van der Waals surface area contributed by atoms with Gasteiger partial charge in [-0.15, -0.1) is 0 Å². The normalized spacial score (nSPS) is 26.8. The molecule has 0 aromatic rings. The second-order valence-corrected chi connectivity index (χ2v) is 3.73. The van der Waals surface area contributed by atoms with Gasteiger partial charge >= 0.3 is 0 Å². The number of hydrogen-bond acceptors (Lipinski definition) is 0. The van der Waals surface area contributed by atoms with Crippen LogP contribution >= 0.6 is 0 Å². The molecule has 0 spiro atoms. The van der Waals surface area contributed by atoms with Gasteiger partial charge in [0.2, 0.25) is 0 Å². The van der Waals surface area contributed by atoms with Crippen LogP contribution in [0.3, 0.4) is 0 Å². The first-order valence-electron chi connectivity index (χ1n) is 4.38. The molecule has 1 rings (SSSR count). The monoisotopic (exact) mass is 138 g/mol. The lowest BCUT2D eigenvalue weighted by atomic mass is 9.81. The molecule has 0 bridgehead atoms. The molecule has 0 nitrogen and oxygen atoms in total. The van der Waals surface area contributed by atoms with Crippen molar-refractivity contribution in [2.24, 2.45) is 11.8 Å². The van der Waals surface area contributed by atoms with Crippen LogP contribution in [0.2, 0.25) is 0 Å². The van der Waals surface area contributed by atoms with Crippen LogP contribution < -0.4 is 0 Å². The summed E-state index contributed by atoms with van der Waals surface area (Å²) >= 11 is 0. The van der Waals surface area contributed by atoms with E-state index in [2.05, 4.69) is 26.8 Å². The zero-order valence-corrected chi connectivity index (χ0v) is 7.35. The lowest BCUT2D eigenvalue weighted by molar-refractivity contribution is 0.390. The highest BCUT2D eigenvalue weighted by atomic mass is 14.2. The van der Waals surface area contributed by atoms with Crippen molar-refractivity contribution in [2.45, 2.75) is 40.0 Å². The molecule has 0 heterocycles. The summed E-state index contributed by atoms with van der Waals surface area (Å²) in [6.07, 6.45) is 6.55. The van der Waals surface area contributed by atoms with E-state index in [0.29, 0.717) is 0 Å². The average Bonchev–Trinajstić information content (AvgIpc) is 1.88. The summed E-state index contributed by atoms with van der Waals surface area (Å²) < 4.78 is 0.